The molecule has 0 spiro atoms. The molecule has 2 aromatic heterocycles. The highest BCUT2D eigenvalue weighted by Crippen LogP contribution is 2.35. The Hall–Kier alpha value is -2.08. The quantitative estimate of drug-likeness (QED) is 0.580. The fourth-order valence-corrected chi connectivity index (χ4v) is 6.19. The minimum atomic E-state index is -3.57. The van der Waals surface area contributed by atoms with Crippen LogP contribution in [-0.4, -0.2) is 65.6 Å². The van der Waals surface area contributed by atoms with E-state index in [-0.39, 0.29) is 24.2 Å². The van der Waals surface area contributed by atoms with E-state index >= 15 is 0 Å². The molecule has 0 aromatic carbocycles. The first kappa shape index (κ1) is 25.0. The summed E-state index contributed by atoms with van der Waals surface area (Å²) in [6.07, 6.45) is 6.23. The molecule has 1 saturated carbocycles. The second-order valence-corrected chi connectivity index (χ2v) is 11.9. The summed E-state index contributed by atoms with van der Waals surface area (Å²) in [6, 6.07) is 3.58. The molecule has 0 unspecified atom stereocenters. The Morgan fingerprint density at radius 1 is 1.18 bits per heavy atom. The highest BCUT2D eigenvalue weighted by atomic mass is 32.2. The van der Waals surface area contributed by atoms with E-state index in [1.807, 2.05) is 18.4 Å². The largest absolute Gasteiger partial charge is 0.377 e. The number of hydrogen-bond acceptors (Lipinski definition) is 7. The van der Waals surface area contributed by atoms with Crippen LogP contribution in [-0.2, 0) is 14.9 Å². The molecular formula is C23H36N6O4S. The average molecular weight is 493 g/mol. The predicted octanol–water partition coefficient (Wildman–Crippen LogP) is 2.29. The van der Waals surface area contributed by atoms with E-state index < -0.39 is 15.8 Å². The summed E-state index contributed by atoms with van der Waals surface area (Å²) in [6.45, 7) is 6.87. The molecule has 34 heavy (non-hydrogen) atoms. The van der Waals surface area contributed by atoms with Gasteiger partial charge < -0.3 is 10.1 Å². The number of ether oxygens (including phenoxy) is 1. The molecule has 1 saturated heterocycles. The lowest BCUT2D eigenvalue weighted by atomic mass is 10.1. The van der Waals surface area contributed by atoms with Crippen LogP contribution in [0.2, 0.25) is 0 Å². The van der Waals surface area contributed by atoms with Crippen LogP contribution in [0.3, 0.4) is 0 Å². The van der Waals surface area contributed by atoms with E-state index in [1.165, 1.54) is 4.31 Å². The molecule has 2 atom stereocenters. The van der Waals surface area contributed by atoms with Crippen LogP contribution in [0.15, 0.2) is 23.1 Å². The normalized spacial score (nSPS) is 22.9. The standard InChI is InChI=1S/C23H36N6O4S/c1-16-6-5-7-19(16)29-20(30)9-8-17-14-24-22(27-21(17)29)26-18-10-12-28(13-11-18)34(31,32)25-15-23(2,3)33-4/h8-9,14,16,18-19,25H,5-7,10-13,15H2,1-4H3,(H,24,26,27)/t16-,19+/m0/s1. The van der Waals surface area contributed by atoms with Crippen molar-refractivity contribution in [1.82, 2.24) is 23.6 Å². The molecule has 2 aromatic rings. The summed E-state index contributed by atoms with van der Waals surface area (Å²) < 4.78 is 36.6. The molecule has 4 rings (SSSR count). The summed E-state index contributed by atoms with van der Waals surface area (Å²) in [7, 11) is -2.01. The van der Waals surface area contributed by atoms with Crippen LogP contribution in [0.5, 0.6) is 0 Å². The van der Waals surface area contributed by atoms with Crippen molar-refractivity contribution in [2.75, 3.05) is 32.1 Å². The smallest absolute Gasteiger partial charge is 0.279 e. The Balaban J connectivity index is 1.44. The Labute approximate surface area is 201 Å². The molecule has 188 valence electrons. The summed E-state index contributed by atoms with van der Waals surface area (Å²) >= 11 is 0. The van der Waals surface area contributed by atoms with Crippen LogP contribution in [0, 0.1) is 5.92 Å². The number of rotatable bonds is 8. The van der Waals surface area contributed by atoms with Crippen LogP contribution in [0.4, 0.5) is 5.95 Å². The Bertz CT molecular complexity index is 1170. The lowest BCUT2D eigenvalue weighted by Crippen LogP contribution is -2.50. The van der Waals surface area contributed by atoms with Gasteiger partial charge in [0.2, 0.25) is 5.95 Å². The Kier molecular flexibility index (Phi) is 7.28. The predicted molar refractivity (Wildman–Crippen MR) is 132 cm³/mol. The first-order chi connectivity index (χ1) is 16.1. The minimum Gasteiger partial charge on any atom is -0.377 e. The molecule has 0 bridgehead atoms. The number of anilines is 1. The Morgan fingerprint density at radius 3 is 2.56 bits per heavy atom. The highest BCUT2D eigenvalue weighted by molar-refractivity contribution is 7.87. The van der Waals surface area contributed by atoms with Gasteiger partial charge in [0, 0.05) is 56.5 Å². The number of piperidine rings is 1. The zero-order valence-corrected chi connectivity index (χ0v) is 21.3. The molecule has 0 radical (unpaired) electrons. The number of pyridine rings is 1. The number of nitrogens with zero attached hydrogens (tertiary/aromatic N) is 4. The molecule has 11 heteroatoms. The third kappa shape index (κ3) is 5.42. The summed E-state index contributed by atoms with van der Waals surface area (Å²) in [5.74, 6) is 0.905. The molecule has 0 amide bonds. The van der Waals surface area contributed by atoms with E-state index in [1.54, 1.807) is 25.4 Å². The number of nitrogens with one attached hydrogen (secondary N) is 2. The number of aromatic nitrogens is 3. The topological polar surface area (TPSA) is 118 Å². The molecule has 10 nitrogen and oxygen atoms in total. The Morgan fingerprint density at radius 2 is 1.91 bits per heavy atom. The second-order valence-electron chi connectivity index (χ2n) is 10.1. The lowest BCUT2D eigenvalue weighted by molar-refractivity contribution is 0.0273. The summed E-state index contributed by atoms with van der Waals surface area (Å²) in [5, 5.41) is 4.20. The number of hydrogen-bond donors (Lipinski definition) is 2. The van der Waals surface area contributed by atoms with Crippen molar-refractivity contribution in [2.45, 2.75) is 70.6 Å². The van der Waals surface area contributed by atoms with Crippen molar-refractivity contribution in [3.63, 3.8) is 0 Å². The van der Waals surface area contributed by atoms with Gasteiger partial charge >= 0.3 is 0 Å². The average Bonchev–Trinajstić information content (AvgIpc) is 3.23. The van der Waals surface area contributed by atoms with Crippen molar-refractivity contribution < 1.29 is 13.2 Å². The highest BCUT2D eigenvalue weighted by Gasteiger charge is 2.31. The maximum atomic E-state index is 12.7. The van der Waals surface area contributed by atoms with E-state index in [2.05, 4.69) is 21.9 Å². The second kappa shape index (κ2) is 9.88. The molecular weight excluding hydrogens is 456 g/mol. The van der Waals surface area contributed by atoms with Gasteiger partial charge in [-0.1, -0.05) is 13.3 Å². The van der Waals surface area contributed by atoms with Crippen LogP contribution < -0.4 is 15.6 Å². The van der Waals surface area contributed by atoms with E-state index in [4.69, 9.17) is 9.72 Å². The number of methoxy groups -OCH3 is 1. The van der Waals surface area contributed by atoms with Gasteiger partial charge in [-0.05, 0) is 51.5 Å². The van der Waals surface area contributed by atoms with Gasteiger partial charge in [-0.2, -0.15) is 22.4 Å². The molecule has 2 N–H and O–H groups in total. The van der Waals surface area contributed by atoms with Crippen molar-refractivity contribution in [3.8, 4) is 0 Å². The molecule has 3 heterocycles. The fourth-order valence-electron chi connectivity index (χ4n) is 4.79. The zero-order chi connectivity index (χ0) is 24.5. The van der Waals surface area contributed by atoms with Gasteiger partial charge in [-0.25, -0.2) is 4.98 Å². The monoisotopic (exact) mass is 492 g/mol. The van der Waals surface area contributed by atoms with Gasteiger partial charge in [0.1, 0.15) is 5.65 Å². The van der Waals surface area contributed by atoms with Crippen LogP contribution in [0.1, 0.15) is 58.9 Å². The van der Waals surface area contributed by atoms with Gasteiger partial charge in [0.25, 0.3) is 15.8 Å². The number of fused-ring (bicyclic) bond motifs is 1. The summed E-state index contributed by atoms with van der Waals surface area (Å²) in [5.41, 5.74) is 0.0598. The van der Waals surface area contributed by atoms with Gasteiger partial charge in [-0.3, -0.25) is 9.36 Å². The van der Waals surface area contributed by atoms with E-state index in [0.29, 0.717) is 43.4 Å². The first-order valence-corrected chi connectivity index (χ1v) is 13.5. The SMILES string of the molecule is COC(C)(C)CNS(=O)(=O)N1CCC(Nc2ncc3ccc(=O)n([C@@H]4CCC[C@@H]4C)c3n2)CC1. The van der Waals surface area contributed by atoms with Gasteiger partial charge in [-0.15, -0.1) is 0 Å². The third-order valence-electron chi connectivity index (χ3n) is 7.17. The minimum absolute atomic E-state index is 0.0291. The lowest BCUT2D eigenvalue weighted by Gasteiger charge is -2.32. The summed E-state index contributed by atoms with van der Waals surface area (Å²) in [4.78, 5) is 21.9. The fraction of sp³-hybridized carbons (Fsp3) is 0.696. The molecule has 1 aliphatic carbocycles. The van der Waals surface area contributed by atoms with Crippen molar-refractivity contribution in [1.29, 1.82) is 0 Å². The molecule has 2 aliphatic rings. The molecule has 1 aliphatic heterocycles. The van der Waals surface area contributed by atoms with E-state index in [0.717, 1.165) is 24.6 Å². The maximum absolute atomic E-state index is 12.7. The third-order valence-corrected chi connectivity index (χ3v) is 8.73. The van der Waals surface area contributed by atoms with Crippen molar-refractivity contribution in [3.05, 3.63) is 28.7 Å². The van der Waals surface area contributed by atoms with Gasteiger partial charge in [0.05, 0.1) is 5.60 Å². The van der Waals surface area contributed by atoms with Crippen molar-refractivity contribution in [2.24, 2.45) is 5.92 Å². The van der Waals surface area contributed by atoms with Crippen LogP contribution >= 0.6 is 0 Å². The first-order valence-electron chi connectivity index (χ1n) is 12.0. The zero-order valence-electron chi connectivity index (χ0n) is 20.5. The maximum Gasteiger partial charge on any atom is 0.279 e. The van der Waals surface area contributed by atoms with E-state index in [9.17, 15) is 13.2 Å². The van der Waals surface area contributed by atoms with Gasteiger partial charge in [0.15, 0.2) is 0 Å². The van der Waals surface area contributed by atoms with Crippen molar-refractivity contribution >= 4 is 27.2 Å². The van der Waals surface area contributed by atoms with Crippen LogP contribution in [0.25, 0.3) is 11.0 Å². The molecule has 2 fully saturated rings.